The Balaban J connectivity index is 1.26. The first-order chi connectivity index (χ1) is 17.2. The molecule has 1 aliphatic heterocycles. The van der Waals surface area contributed by atoms with Crippen LogP contribution in [-0.2, 0) is 4.79 Å². The van der Waals surface area contributed by atoms with E-state index < -0.39 is 5.91 Å². The minimum Gasteiger partial charge on any atom is -0.355 e. The molecule has 2 amide bonds. The lowest BCUT2D eigenvalue weighted by Gasteiger charge is -2.31. The topological polar surface area (TPSA) is 105 Å². The number of nitrogens with one attached hydrogen (secondary N) is 2. The summed E-state index contributed by atoms with van der Waals surface area (Å²) in [6.07, 6.45) is 8.03. The lowest BCUT2D eigenvalue weighted by atomic mass is 9.96. The summed E-state index contributed by atoms with van der Waals surface area (Å²) in [5, 5.41) is 4.65. The van der Waals surface area contributed by atoms with Crippen molar-refractivity contribution in [3.05, 3.63) is 91.0 Å². The van der Waals surface area contributed by atoms with Gasteiger partial charge < -0.3 is 4.90 Å². The summed E-state index contributed by atoms with van der Waals surface area (Å²) in [5.74, 6) is -0.00220. The van der Waals surface area contributed by atoms with Crippen LogP contribution in [0.25, 0.3) is 16.9 Å². The van der Waals surface area contributed by atoms with Gasteiger partial charge in [0.15, 0.2) is 0 Å². The summed E-state index contributed by atoms with van der Waals surface area (Å²) in [6, 6.07) is 19.1. The molecule has 9 heteroatoms. The van der Waals surface area contributed by atoms with Gasteiger partial charge >= 0.3 is 0 Å². The van der Waals surface area contributed by atoms with Crippen molar-refractivity contribution in [3.63, 3.8) is 0 Å². The van der Waals surface area contributed by atoms with Crippen LogP contribution in [0.15, 0.2) is 85.5 Å². The van der Waals surface area contributed by atoms with Crippen LogP contribution in [-0.4, -0.2) is 44.7 Å². The molecule has 0 spiro atoms. The van der Waals surface area contributed by atoms with Crippen molar-refractivity contribution in [1.29, 1.82) is 0 Å². The molecular weight excluding hydrogens is 442 g/mol. The van der Waals surface area contributed by atoms with Crippen molar-refractivity contribution < 1.29 is 9.59 Å². The van der Waals surface area contributed by atoms with Crippen molar-refractivity contribution in [1.82, 2.24) is 30.6 Å². The van der Waals surface area contributed by atoms with E-state index >= 15 is 0 Å². The number of hydrazine groups is 1. The van der Waals surface area contributed by atoms with Gasteiger partial charge in [-0.1, -0.05) is 48.5 Å². The molecular formula is C26H25N7O2. The number of carbonyl (C=O) groups is 2. The molecule has 4 aromatic rings. The van der Waals surface area contributed by atoms with Gasteiger partial charge in [0.05, 0.1) is 17.4 Å². The smallest absolute Gasteiger partial charge is 0.273 e. The molecule has 2 aromatic heterocycles. The van der Waals surface area contributed by atoms with Crippen molar-refractivity contribution in [2.24, 2.45) is 5.92 Å². The highest BCUT2D eigenvalue weighted by Gasteiger charge is 2.26. The van der Waals surface area contributed by atoms with E-state index in [2.05, 4.69) is 30.8 Å². The Bertz CT molecular complexity index is 1290. The number of amides is 2. The van der Waals surface area contributed by atoms with Gasteiger partial charge in [-0.25, -0.2) is 9.67 Å². The quantitative estimate of drug-likeness (QED) is 0.437. The zero-order chi connectivity index (χ0) is 24.0. The first kappa shape index (κ1) is 22.3. The summed E-state index contributed by atoms with van der Waals surface area (Å²) >= 11 is 0. The number of nitrogens with zero attached hydrogens (tertiary/aromatic N) is 5. The van der Waals surface area contributed by atoms with Gasteiger partial charge in [-0.2, -0.15) is 5.10 Å². The number of benzene rings is 2. The first-order valence-corrected chi connectivity index (χ1v) is 11.5. The Morgan fingerprint density at radius 1 is 0.886 bits per heavy atom. The second kappa shape index (κ2) is 10.2. The molecule has 0 unspecified atom stereocenters. The third-order valence-electron chi connectivity index (χ3n) is 6.07. The molecule has 35 heavy (non-hydrogen) atoms. The third kappa shape index (κ3) is 5.03. The summed E-state index contributed by atoms with van der Waals surface area (Å²) in [5.41, 5.74) is 7.76. The first-order valence-electron chi connectivity index (χ1n) is 11.5. The van der Waals surface area contributed by atoms with Gasteiger partial charge in [0.25, 0.3) is 5.91 Å². The van der Waals surface area contributed by atoms with E-state index in [-0.39, 0.29) is 11.8 Å². The maximum absolute atomic E-state index is 13.1. The molecule has 1 fully saturated rings. The van der Waals surface area contributed by atoms with E-state index in [1.54, 1.807) is 29.5 Å². The fraction of sp³-hybridized carbons (Fsp3) is 0.192. The molecule has 0 bridgehead atoms. The van der Waals surface area contributed by atoms with Crippen molar-refractivity contribution in [2.75, 3.05) is 18.0 Å². The molecule has 5 rings (SSSR count). The molecule has 2 N–H and O–H groups in total. The highest BCUT2D eigenvalue weighted by Crippen LogP contribution is 2.24. The van der Waals surface area contributed by atoms with Gasteiger partial charge in [0.1, 0.15) is 11.5 Å². The molecule has 2 aromatic carbocycles. The Labute approximate surface area is 202 Å². The molecule has 0 saturated carbocycles. The monoisotopic (exact) mass is 467 g/mol. The lowest BCUT2D eigenvalue weighted by molar-refractivity contribution is -0.126. The average Bonchev–Trinajstić information content (AvgIpc) is 3.39. The van der Waals surface area contributed by atoms with Gasteiger partial charge in [-0.05, 0) is 25.0 Å². The Morgan fingerprint density at radius 2 is 1.60 bits per heavy atom. The summed E-state index contributed by atoms with van der Waals surface area (Å²) in [7, 11) is 0. The molecule has 3 heterocycles. The maximum atomic E-state index is 13.1. The molecule has 176 valence electrons. The van der Waals surface area contributed by atoms with Crippen LogP contribution in [0.2, 0.25) is 0 Å². The number of aromatic nitrogens is 4. The van der Waals surface area contributed by atoms with E-state index in [0.717, 1.165) is 17.1 Å². The van der Waals surface area contributed by atoms with Crippen LogP contribution in [0.1, 0.15) is 23.2 Å². The van der Waals surface area contributed by atoms with E-state index in [1.807, 2.05) is 60.7 Å². The van der Waals surface area contributed by atoms with E-state index in [4.69, 9.17) is 0 Å². The van der Waals surface area contributed by atoms with Gasteiger partial charge in [-0.15, -0.1) is 0 Å². The minimum absolute atomic E-state index is 0.191. The summed E-state index contributed by atoms with van der Waals surface area (Å²) in [6.45, 7) is 1.40. The zero-order valence-corrected chi connectivity index (χ0v) is 19.0. The Kier molecular flexibility index (Phi) is 6.47. The molecule has 0 radical (unpaired) electrons. The number of carbonyl (C=O) groups excluding carboxylic acids is 2. The van der Waals surface area contributed by atoms with E-state index in [9.17, 15) is 9.59 Å². The maximum Gasteiger partial charge on any atom is 0.273 e. The van der Waals surface area contributed by atoms with Gasteiger partial charge in [0.2, 0.25) is 5.91 Å². The number of anilines is 1. The van der Waals surface area contributed by atoms with Crippen LogP contribution in [0.3, 0.4) is 0 Å². The minimum atomic E-state index is -0.420. The number of para-hydroxylation sites is 1. The average molecular weight is 468 g/mol. The van der Waals surface area contributed by atoms with Crippen molar-refractivity contribution >= 4 is 17.6 Å². The van der Waals surface area contributed by atoms with E-state index in [1.165, 1.54) is 0 Å². The lowest BCUT2D eigenvalue weighted by Crippen LogP contribution is -2.47. The van der Waals surface area contributed by atoms with Crippen LogP contribution >= 0.6 is 0 Å². The fourth-order valence-electron chi connectivity index (χ4n) is 4.18. The largest absolute Gasteiger partial charge is 0.355 e. The summed E-state index contributed by atoms with van der Waals surface area (Å²) < 4.78 is 1.67. The standard InChI is InChI=1S/C26H25N7O2/c34-25(20-11-15-32(16-12-20)23-17-27-13-14-28-23)29-30-26(35)22-18-33(21-9-5-2-6-10-21)31-24(22)19-7-3-1-4-8-19/h1-10,13-14,17-18,20H,11-12,15-16H2,(H,29,34)(H,30,35). The zero-order valence-electron chi connectivity index (χ0n) is 19.0. The van der Waals surface area contributed by atoms with Crippen molar-refractivity contribution in [3.8, 4) is 16.9 Å². The Hall–Kier alpha value is -4.53. The third-order valence-corrected chi connectivity index (χ3v) is 6.07. The van der Waals surface area contributed by atoms with E-state index in [0.29, 0.717) is 37.2 Å². The molecule has 0 atom stereocenters. The SMILES string of the molecule is O=C(NNC(=O)C1CCN(c2cnccn2)CC1)c1cn(-c2ccccc2)nc1-c1ccccc1. The van der Waals surface area contributed by atoms with Gasteiger partial charge in [-0.3, -0.25) is 25.4 Å². The Morgan fingerprint density at radius 3 is 2.29 bits per heavy atom. The fourth-order valence-corrected chi connectivity index (χ4v) is 4.18. The number of rotatable bonds is 5. The predicted molar refractivity (Wildman–Crippen MR) is 132 cm³/mol. The number of hydrogen-bond donors (Lipinski definition) is 2. The molecule has 1 saturated heterocycles. The van der Waals surface area contributed by atoms with Gasteiger partial charge in [0, 0.05) is 43.2 Å². The normalized spacial score (nSPS) is 13.9. The number of hydrogen-bond acceptors (Lipinski definition) is 6. The second-order valence-corrected chi connectivity index (χ2v) is 8.31. The van der Waals surface area contributed by atoms with Crippen LogP contribution < -0.4 is 15.8 Å². The summed E-state index contributed by atoms with van der Waals surface area (Å²) in [4.78, 5) is 36.4. The van der Waals surface area contributed by atoms with Crippen LogP contribution in [0.4, 0.5) is 5.82 Å². The molecule has 1 aliphatic rings. The highest BCUT2D eigenvalue weighted by molar-refractivity contribution is 6.00. The highest BCUT2D eigenvalue weighted by atomic mass is 16.2. The van der Waals surface area contributed by atoms with Crippen LogP contribution in [0.5, 0.6) is 0 Å². The second-order valence-electron chi connectivity index (χ2n) is 8.31. The molecule has 0 aliphatic carbocycles. The molecule has 9 nitrogen and oxygen atoms in total. The van der Waals surface area contributed by atoms with Crippen molar-refractivity contribution in [2.45, 2.75) is 12.8 Å². The predicted octanol–water partition coefficient (Wildman–Crippen LogP) is 3.01. The van der Waals surface area contributed by atoms with Crippen LogP contribution in [0, 0.1) is 5.92 Å². The number of piperidine rings is 1.